The van der Waals surface area contributed by atoms with E-state index in [1.807, 2.05) is 19.1 Å². The molecule has 0 N–H and O–H groups in total. The van der Waals surface area contributed by atoms with Gasteiger partial charge in [0.25, 0.3) is 0 Å². The minimum atomic E-state index is -0.897. The Hall–Kier alpha value is -3.53. The highest BCUT2D eigenvalue weighted by molar-refractivity contribution is 5.74. The Kier molecular flexibility index (Phi) is 7.30. The lowest BCUT2D eigenvalue weighted by atomic mass is 10.0. The zero-order valence-corrected chi connectivity index (χ0v) is 19.8. The molecule has 8 nitrogen and oxygen atoms in total. The van der Waals surface area contributed by atoms with Crippen molar-refractivity contribution < 1.29 is 32.6 Å². The molecule has 0 radical (unpaired) electrons. The Balaban J connectivity index is 1.73. The number of hydrogen-bond donors (Lipinski definition) is 0. The summed E-state index contributed by atoms with van der Waals surface area (Å²) in [6.45, 7) is 4.67. The fraction of sp³-hybridized carbons (Fsp3) is 0.400. The average Bonchev–Trinajstić information content (AvgIpc) is 3.15. The molecule has 1 aromatic carbocycles. The van der Waals surface area contributed by atoms with Crippen molar-refractivity contribution in [1.82, 2.24) is 14.3 Å². The third kappa shape index (κ3) is 5.27. The number of fused-ring (bicyclic) bond motifs is 1. The summed E-state index contributed by atoms with van der Waals surface area (Å²) >= 11 is 0. The molecule has 2 aromatic heterocycles. The Bertz CT molecular complexity index is 1240. The number of carbonyl (C=O) groups is 2. The maximum atomic E-state index is 15.2. The largest absolute Gasteiger partial charge is 0.453 e. The quantitative estimate of drug-likeness (QED) is 0.381. The molecule has 1 saturated heterocycles. The molecular formula is C25H27F2N3O5. The molecule has 35 heavy (non-hydrogen) atoms. The molecule has 1 unspecified atom stereocenters. The summed E-state index contributed by atoms with van der Waals surface area (Å²) in [5.41, 5.74) is 1.79. The molecule has 1 aliphatic heterocycles. The molecule has 0 spiro atoms. The maximum absolute atomic E-state index is 15.2. The van der Waals surface area contributed by atoms with Gasteiger partial charge < -0.3 is 23.5 Å². The predicted octanol–water partition coefficient (Wildman–Crippen LogP) is 4.30. The minimum absolute atomic E-state index is 0.121. The number of methoxy groups -OCH3 is 1. The summed E-state index contributed by atoms with van der Waals surface area (Å²) in [5, 5.41) is 0. The highest BCUT2D eigenvalue weighted by Crippen LogP contribution is 2.33. The lowest BCUT2D eigenvalue weighted by Gasteiger charge is -2.32. The number of pyridine rings is 1. The van der Waals surface area contributed by atoms with E-state index in [-0.39, 0.29) is 36.4 Å². The van der Waals surface area contributed by atoms with Crippen molar-refractivity contribution >= 4 is 17.7 Å². The first-order valence-corrected chi connectivity index (χ1v) is 11.4. The Morgan fingerprint density at radius 1 is 1.23 bits per heavy atom. The standard InChI is InChI=1S/C25H27F2N3O5/c1-4-5-22(31)35-16-11-18(26)23(19(27)12-16)24-20(30-7-6-15(2)10-21(30)28-24)13-17-14-29(8-9-34-17)25(32)33-3/h6-7,10-12,17H,4-5,8-9,13-14H2,1-3H3. The number of benzene rings is 1. The van der Waals surface area contributed by atoms with Gasteiger partial charge in [-0.3, -0.25) is 4.79 Å². The number of rotatable bonds is 6. The number of morpholine rings is 1. The average molecular weight is 488 g/mol. The SMILES string of the molecule is CCCC(=O)Oc1cc(F)c(-c2nc3cc(C)ccn3c2CC2CN(C(=O)OC)CCO2)c(F)c1. The summed E-state index contributed by atoms with van der Waals surface area (Å²) in [7, 11) is 1.31. The number of ether oxygens (including phenoxy) is 3. The number of aromatic nitrogens is 2. The Labute approximate surface area is 201 Å². The number of nitrogens with zero attached hydrogens (tertiary/aromatic N) is 3. The van der Waals surface area contributed by atoms with E-state index in [9.17, 15) is 9.59 Å². The Morgan fingerprint density at radius 2 is 1.97 bits per heavy atom. The normalized spacial score (nSPS) is 15.9. The second-order valence-electron chi connectivity index (χ2n) is 8.44. The van der Waals surface area contributed by atoms with E-state index in [0.717, 1.165) is 17.7 Å². The van der Waals surface area contributed by atoms with E-state index in [2.05, 4.69) is 4.98 Å². The van der Waals surface area contributed by atoms with Crippen LogP contribution in [0, 0.1) is 18.6 Å². The summed E-state index contributed by atoms with van der Waals surface area (Å²) in [6, 6.07) is 5.65. The van der Waals surface area contributed by atoms with Crippen molar-refractivity contribution in [3.05, 3.63) is 53.4 Å². The number of hydrogen-bond acceptors (Lipinski definition) is 6. The van der Waals surface area contributed by atoms with Crippen molar-refractivity contribution in [2.45, 2.75) is 39.2 Å². The highest BCUT2D eigenvalue weighted by atomic mass is 19.1. The van der Waals surface area contributed by atoms with Crippen LogP contribution in [0.25, 0.3) is 16.9 Å². The van der Waals surface area contributed by atoms with Gasteiger partial charge in [-0.05, 0) is 31.0 Å². The van der Waals surface area contributed by atoms with Crippen molar-refractivity contribution in [2.75, 3.05) is 26.8 Å². The van der Waals surface area contributed by atoms with E-state index >= 15 is 8.78 Å². The molecule has 0 bridgehead atoms. The lowest BCUT2D eigenvalue weighted by Crippen LogP contribution is -2.46. The van der Waals surface area contributed by atoms with Crippen molar-refractivity contribution in [2.24, 2.45) is 0 Å². The van der Waals surface area contributed by atoms with Gasteiger partial charge in [0, 0.05) is 37.7 Å². The van der Waals surface area contributed by atoms with Crippen molar-refractivity contribution in [3.63, 3.8) is 0 Å². The van der Waals surface area contributed by atoms with Gasteiger partial charge in [-0.15, -0.1) is 0 Å². The summed E-state index contributed by atoms with van der Waals surface area (Å²) < 4.78 is 48.0. The molecule has 186 valence electrons. The van der Waals surface area contributed by atoms with Crippen LogP contribution in [0.2, 0.25) is 0 Å². The first-order chi connectivity index (χ1) is 16.8. The number of imidazole rings is 1. The van der Waals surface area contributed by atoms with Crippen molar-refractivity contribution in [1.29, 1.82) is 0 Å². The van der Waals surface area contributed by atoms with Crippen LogP contribution in [0.3, 0.4) is 0 Å². The van der Waals surface area contributed by atoms with E-state index in [1.54, 1.807) is 17.5 Å². The third-order valence-electron chi connectivity index (χ3n) is 5.81. The van der Waals surface area contributed by atoms with E-state index in [1.165, 1.54) is 12.0 Å². The monoisotopic (exact) mass is 487 g/mol. The van der Waals surface area contributed by atoms with E-state index in [0.29, 0.717) is 30.9 Å². The van der Waals surface area contributed by atoms with Crippen LogP contribution in [0.4, 0.5) is 13.6 Å². The number of amides is 1. The molecule has 3 heterocycles. The zero-order valence-electron chi connectivity index (χ0n) is 19.8. The number of esters is 1. The van der Waals surface area contributed by atoms with Gasteiger partial charge in [0.1, 0.15) is 23.0 Å². The minimum Gasteiger partial charge on any atom is -0.453 e. The van der Waals surface area contributed by atoms with Crippen LogP contribution in [0.5, 0.6) is 5.75 Å². The molecule has 3 aromatic rings. The molecule has 10 heteroatoms. The van der Waals surface area contributed by atoms with Gasteiger partial charge in [0.2, 0.25) is 0 Å². The van der Waals surface area contributed by atoms with E-state index in [4.69, 9.17) is 14.2 Å². The molecule has 0 aliphatic carbocycles. The molecule has 1 aliphatic rings. The summed E-state index contributed by atoms with van der Waals surface area (Å²) in [6.07, 6.45) is 1.85. The summed E-state index contributed by atoms with van der Waals surface area (Å²) in [5.74, 6) is -2.56. The molecule has 1 atom stereocenters. The molecule has 1 fully saturated rings. The fourth-order valence-electron chi connectivity index (χ4n) is 4.17. The molecular weight excluding hydrogens is 460 g/mol. The first kappa shape index (κ1) is 24.6. The van der Waals surface area contributed by atoms with Gasteiger partial charge in [0.05, 0.1) is 43.3 Å². The third-order valence-corrected chi connectivity index (χ3v) is 5.81. The maximum Gasteiger partial charge on any atom is 0.409 e. The number of halogens is 2. The second-order valence-corrected chi connectivity index (χ2v) is 8.44. The van der Waals surface area contributed by atoms with Crippen LogP contribution in [-0.2, 0) is 20.7 Å². The van der Waals surface area contributed by atoms with Crippen LogP contribution in [-0.4, -0.2) is 59.3 Å². The Morgan fingerprint density at radius 3 is 2.66 bits per heavy atom. The second kappa shape index (κ2) is 10.4. The van der Waals surface area contributed by atoms with Crippen LogP contribution in [0.15, 0.2) is 30.5 Å². The summed E-state index contributed by atoms with van der Waals surface area (Å²) in [4.78, 5) is 29.8. The van der Waals surface area contributed by atoms with Gasteiger partial charge >= 0.3 is 12.1 Å². The highest BCUT2D eigenvalue weighted by Gasteiger charge is 2.29. The number of carbonyl (C=O) groups excluding carboxylic acids is 2. The molecule has 1 amide bonds. The van der Waals surface area contributed by atoms with E-state index < -0.39 is 29.8 Å². The van der Waals surface area contributed by atoms with Crippen LogP contribution >= 0.6 is 0 Å². The smallest absolute Gasteiger partial charge is 0.409 e. The molecule has 4 rings (SSSR count). The topological polar surface area (TPSA) is 82.4 Å². The van der Waals surface area contributed by atoms with Crippen LogP contribution < -0.4 is 4.74 Å². The first-order valence-electron chi connectivity index (χ1n) is 11.4. The predicted molar refractivity (Wildman–Crippen MR) is 123 cm³/mol. The van der Waals surface area contributed by atoms with Gasteiger partial charge in [-0.1, -0.05) is 6.92 Å². The van der Waals surface area contributed by atoms with Gasteiger partial charge in [0.15, 0.2) is 0 Å². The van der Waals surface area contributed by atoms with Gasteiger partial charge in [-0.25, -0.2) is 18.6 Å². The van der Waals surface area contributed by atoms with Crippen molar-refractivity contribution in [3.8, 4) is 17.0 Å². The van der Waals surface area contributed by atoms with Crippen LogP contribution in [0.1, 0.15) is 31.0 Å². The fourth-order valence-corrected chi connectivity index (χ4v) is 4.17. The molecule has 0 saturated carbocycles. The lowest BCUT2D eigenvalue weighted by molar-refractivity contribution is -0.134. The number of aryl methyl sites for hydroxylation is 1. The zero-order chi connectivity index (χ0) is 25.1. The van der Waals surface area contributed by atoms with Gasteiger partial charge in [-0.2, -0.15) is 0 Å².